The van der Waals surface area contributed by atoms with E-state index in [1.807, 2.05) is 36.4 Å². The van der Waals surface area contributed by atoms with Crippen molar-refractivity contribution in [2.45, 2.75) is 25.4 Å². The first-order valence-corrected chi connectivity index (χ1v) is 11.9. The smallest absolute Gasteiger partial charge is 0.272 e. The number of rotatable bonds is 6. The number of methoxy groups -OCH3 is 1. The largest absolute Gasteiger partial charge is 0.493 e. The summed E-state index contributed by atoms with van der Waals surface area (Å²) in [7, 11) is 1.60. The van der Waals surface area contributed by atoms with Gasteiger partial charge in [-0.2, -0.15) is 5.10 Å². The van der Waals surface area contributed by atoms with Gasteiger partial charge >= 0.3 is 0 Å². The maximum absolute atomic E-state index is 14.7. The summed E-state index contributed by atoms with van der Waals surface area (Å²) in [5.41, 5.74) is 1.16. The van der Waals surface area contributed by atoms with Gasteiger partial charge in [-0.3, -0.25) is 9.59 Å². The maximum Gasteiger partial charge on any atom is 0.272 e. The number of benzene rings is 3. The second-order valence-corrected chi connectivity index (χ2v) is 8.80. The Hall–Kier alpha value is -4.20. The summed E-state index contributed by atoms with van der Waals surface area (Å²) in [6.45, 7) is 0.933. The van der Waals surface area contributed by atoms with Crippen molar-refractivity contribution in [3.63, 3.8) is 0 Å². The minimum atomic E-state index is -0.560. The molecular weight excluding hydrogens is 461 g/mol. The van der Waals surface area contributed by atoms with Gasteiger partial charge < -0.3 is 14.4 Å². The van der Waals surface area contributed by atoms with Crippen molar-refractivity contribution < 1.29 is 18.7 Å². The van der Waals surface area contributed by atoms with Crippen LogP contribution in [0.1, 0.15) is 34.5 Å². The lowest BCUT2D eigenvalue weighted by molar-refractivity contribution is 0.0586. The predicted molar refractivity (Wildman–Crippen MR) is 134 cm³/mol. The Labute approximate surface area is 207 Å². The second kappa shape index (κ2) is 10.2. The maximum atomic E-state index is 14.7. The molecule has 1 aliphatic rings. The molecule has 184 valence electrons. The fraction of sp³-hybridized carbons (Fsp3) is 0.250. The molecule has 0 bridgehead atoms. The zero-order valence-corrected chi connectivity index (χ0v) is 19.9. The molecule has 0 saturated carbocycles. The minimum Gasteiger partial charge on any atom is -0.493 e. The number of hydrogen-bond donors (Lipinski definition) is 1. The number of ether oxygens (including phenoxy) is 2. The van der Waals surface area contributed by atoms with E-state index in [2.05, 4.69) is 10.2 Å². The molecule has 7 nitrogen and oxygen atoms in total. The Morgan fingerprint density at radius 3 is 2.47 bits per heavy atom. The van der Waals surface area contributed by atoms with Gasteiger partial charge in [0.2, 0.25) is 0 Å². The van der Waals surface area contributed by atoms with Crippen LogP contribution in [-0.2, 0) is 6.42 Å². The fourth-order valence-electron chi connectivity index (χ4n) is 4.59. The molecule has 2 heterocycles. The molecule has 1 aromatic heterocycles. The van der Waals surface area contributed by atoms with Gasteiger partial charge in [0.05, 0.1) is 23.8 Å². The summed E-state index contributed by atoms with van der Waals surface area (Å²) in [6, 6.07) is 19.2. The quantitative estimate of drug-likeness (QED) is 0.437. The topological polar surface area (TPSA) is 84.5 Å². The average Bonchev–Trinajstić information content (AvgIpc) is 2.92. The van der Waals surface area contributed by atoms with Gasteiger partial charge in [0.25, 0.3) is 11.5 Å². The molecule has 4 aromatic rings. The van der Waals surface area contributed by atoms with Crippen LogP contribution in [-0.4, -0.2) is 47.3 Å². The number of nitrogens with one attached hydrogen (secondary N) is 1. The predicted octanol–water partition coefficient (Wildman–Crippen LogP) is 4.35. The van der Waals surface area contributed by atoms with Gasteiger partial charge in [-0.15, -0.1) is 0 Å². The summed E-state index contributed by atoms with van der Waals surface area (Å²) in [5.74, 6) is 0.436. The lowest BCUT2D eigenvalue weighted by Gasteiger charge is -2.32. The van der Waals surface area contributed by atoms with Crippen LogP contribution in [0.15, 0.2) is 71.5 Å². The van der Waals surface area contributed by atoms with E-state index in [1.165, 1.54) is 6.07 Å². The standard InChI is InChI=1S/C28H26FN3O4/c1-35-25-8-4-5-9-26(25)36-19-12-14-32(15-13-19)28(34)22-16-18(10-11-23(22)29)17-24-20-6-2-3-7-21(20)27(33)31-30-24/h2-11,16,19H,12-15,17H2,1H3,(H,31,33). The molecule has 0 aliphatic carbocycles. The molecule has 0 radical (unpaired) electrons. The van der Waals surface area contributed by atoms with Crippen LogP contribution >= 0.6 is 0 Å². The van der Waals surface area contributed by atoms with E-state index < -0.39 is 5.82 Å². The number of amides is 1. The van der Waals surface area contributed by atoms with Gasteiger partial charge in [0.15, 0.2) is 11.5 Å². The highest BCUT2D eigenvalue weighted by Crippen LogP contribution is 2.29. The van der Waals surface area contributed by atoms with Crippen molar-refractivity contribution in [1.82, 2.24) is 15.1 Å². The normalized spacial score (nSPS) is 14.1. The number of halogens is 1. The van der Waals surface area contributed by atoms with Crippen LogP contribution in [0.2, 0.25) is 0 Å². The first-order valence-electron chi connectivity index (χ1n) is 11.9. The molecule has 8 heteroatoms. The highest BCUT2D eigenvalue weighted by molar-refractivity contribution is 5.95. The Kier molecular flexibility index (Phi) is 6.66. The third kappa shape index (κ3) is 4.79. The average molecular weight is 488 g/mol. The van der Waals surface area contributed by atoms with Gasteiger partial charge in [-0.1, -0.05) is 36.4 Å². The molecule has 0 atom stereocenters. The van der Waals surface area contributed by atoms with Crippen LogP contribution in [0.3, 0.4) is 0 Å². The third-order valence-corrected chi connectivity index (χ3v) is 6.50. The van der Waals surface area contributed by atoms with E-state index in [-0.39, 0.29) is 23.1 Å². The second-order valence-electron chi connectivity index (χ2n) is 8.80. The number of aromatic nitrogens is 2. The monoisotopic (exact) mass is 487 g/mol. The Balaban J connectivity index is 1.29. The van der Waals surface area contributed by atoms with Crippen LogP contribution in [0.4, 0.5) is 4.39 Å². The van der Waals surface area contributed by atoms with Crippen LogP contribution in [0.5, 0.6) is 11.5 Å². The van der Waals surface area contributed by atoms with Crippen molar-refractivity contribution in [1.29, 1.82) is 0 Å². The number of H-pyrrole nitrogens is 1. The number of hydrogen-bond acceptors (Lipinski definition) is 5. The fourth-order valence-corrected chi connectivity index (χ4v) is 4.59. The Morgan fingerprint density at radius 2 is 1.72 bits per heavy atom. The molecule has 1 aliphatic heterocycles. The molecule has 3 aromatic carbocycles. The van der Waals surface area contributed by atoms with Crippen molar-refractivity contribution in [3.8, 4) is 11.5 Å². The van der Waals surface area contributed by atoms with Crippen molar-refractivity contribution in [3.05, 3.63) is 99.7 Å². The lowest BCUT2D eigenvalue weighted by atomic mass is 10.0. The minimum absolute atomic E-state index is 0.0327. The number of para-hydroxylation sites is 2. The van der Waals surface area contributed by atoms with Crippen molar-refractivity contribution in [2.24, 2.45) is 0 Å². The van der Waals surface area contributed by atoms with Crippen LogP contribution in [0.25, 0.3) is 10.8 Å². The van der Waals surface area contributed by atoms with E-state index in [0.29, 0.717) is 54.9 Å². The number of carbonyl (C=O) groups excluding carboxylic acids is 1. The van der Waals surface area contributed by atoms with E-state index >= 15 is 0 Å². The van der Waals surface area contributed by atoms with E-state index in [0.717, 1.165) is 10.9 Å². The van der Waals surface area contributed by atoms with Crippen LogP contribution < -0.4 is 15.0 Å². The Morgan fingerprint density at radius 1 is 1.03 bits per heavy atom. The number of fused-ring (bicyclic) bond motifs is 1. The van der Waals surface area contributed by atoms with Crippen molar-refractivity contribution in [2.75, 3.05) is 20.2 Å². The Bertz CT molecular complexity index is 1460. The number of nitrogens with zero attached hydrogens (tertiary/aromatic N) is 2. The highest BCUT2D eigenvalue weighted by Gasteiger charge is 2.27. The number of carbonyl (C=O) groups is 1. The number of likely N-dealkylation sites (tertiary alicyclic amines) is 1. The first-order chi connectivity index (χ1) is 17.5. The molecule has 5 rings (SSSR count). The molecular formula is C28H26FN3O4. The first kappa shape index (κ1) is 23.5. The lowest BCUT2D eigenvalue weighted by Crippen LogP contribution is -2.42. The molecule has 1 saturated heterocycles. The summed E-state index contributed by atoms with van der Waals surface area (Å²) < 4.78 is 26.2. The molecule has 0 unspecified atom stereocenters. The molecule has 0 spiro atoms. The van der Waals surface area contributed by atoms with Gasteiger partial charge in [0, 0.05) is 37.7 Å². The zero-order chi connectivity index (χ0) is 25.1. The SMILES string of the molecule is COc1ccccc1OC1CCN(C(=O)c2cc(Cc3n[nH]c(=O)c4ccccc34)ccc2F)CC1. The molecule has 1 N–H and O–H groups in total. The molecule has 1 fully saturated rings. The van der Waals surface area contributed by atoms with Gasteiger partial charge in [-0.25, -0.2) is 9.49 Å². The van der Waals surface area contributed by atoms with E-state index in [4.69, 9.17) is 9.47 Å². The summed E-state index contributed by atoms with van der Waals surface area (Å²) in [5, 5.41) is 7.98. The highest BCUT2D eigenvalue weighted by atomic mass is 19.1. The number of aromatic amines is 1. The zero-order valence-electron chi connectivity index (χ0n) is 19.9. The molecule has 1 amide bonds. The summed E-state index contributed by atoms with van der Waals surface area (Å²) >= 11 is 0. The van der Waals surface area contributed by atoms with Crippen LogP contribution in [0, 0.1) is 5.82 Å². The van der Waals surface area contributed by atoms with Gasteiger partial charge in [0.1, 0.15) is 11.9 Å². The summed E-state index contributed by atoms with van der Waals surface area (Å²) in [4.78, 5) is 26.9. The van der Waals surface area contributed by atoms with E-state index in [9.17, 15) is 14.0 Å². The van der Waals surface area contributed by atoms with E-state index in [1.54, 1.807) is 36.3 Å². The molecule has 36 heavy (non-hydrogen) atoms. The van der Waals surface area contributed by atoms with Gasteiger partial charge in [-0.05, 0) is 35.9 Å². The number of piperidine rings is 1. The van der Waals surface area contributed by atoms with Crippen molar-refractivity contribution >= 4 is 16.7 Å². The third-order valence-electron chi connectivity index (χ3n) is 6.50. The summed E-state index contributed by atoms with van der Waals surface area (Å²) in [6.07, 6.45) is 1.57.